The summed E-state index contributed by atoms with van der Waals surface area (Å²) < 4.78 is 19.4. The fourth-order valence-electron chi connectivity index (χ4n) is 6.86. The molecule has 1 aliphatic heterocycles. The summed E-state index contributed by atoms with van der Waals surface area (Å²) in [5.41, 5.74) is 3.78. The number of carbonyl (C=O) groups excluding carboxylic acids is 1. The number of anilines is 1. The summed E-state index contributed by atoms with van der Waals surface area (Å²) in [5.74, 6) is 1.82. The van der Waals surface area contributed by atoms with Gasteiger partial charge in [-0.25, -0.2) is 0 Å². The summed E-state index contributed by atoms with van der Waals surface area (Å²) >= 11 is 0. The molecule has 1 aliphatic rings. The summed E-state index contributed by atoms with van der Waals surface area (Å²) in [4.78, 5) is 12.7. The molecular formula is C36H46N4O5Si. The van der Waals surface area contributed by atoms with Gasteiger partial charge in [0.05, 0.1) is 40.2 Å². The molecule has 4 aromatic rings. The Labute approximate surface area is 272 Å². The van der Waals surface area contributed by atoms with Crippen molar-refractivity contribution in [1.29, 1.82) is 0 Å². The van der Waals surface area contributed by atoms with Crippen LogP contribution in [0.15, 0.2) is 79.0 Å². The number of nitrogens with one attached hydrogen (secondary N) is 1. The smallest absolute Gasteiger partial charge is 0.255 e. The van der Waals surface area contributed by atoms with Gasteiger partial charge in [-0.3, -0.25) is 9.48 Å². The van der Waals surface area contributed by atoms with Gasteiger partial charge in [-0.2, -0.15) is 0 Å². The molecule has 10 heteroatoms. The van der Waals surface area contributed by atoms with Crippen LogP contribution in [0, 0.1) is 5.92 Å². The highest BCUT2D eigenvalue weighted by Crippen LogP contribution is 2.46. The van der Waals surface area contributed by atoms with E-state index in [-0.39, 0.29) is 24.7 Å². The number of rotatable bonds is 14. The predicted molar refractivity (Wildman–Crippen MR) is 183 cm³/mol. The topological polar surface area (TPSA) is 108 Å². The lowest BCUT2D eigenvalue weighted by atomic mass is 9.95. The molecule has 5 rings (SSSR count). The maximum atomic E-state index is 12.7. The lowest BCUT2D eigenvalue weighted by molar-refractivity contribution is 0.0250. The van der Waals surface area contributed by atoms with E-state index in [4.69, 9.17) is 14.2 Å². The highest BCUT2D eigenvalue weighted by atomic mass is 28.3. The molecule has 46 heavy (non-hydrogen) atoms. The second kappa shape index (κ2) is 15.1. The third kappa shape index (κ3) is 7.86. The molecule has 0 saturated carbocycles. The average molecular weight is 643 g/mol. The minimum Gasteiger partial charge on any atom is -0.497 e. The lowest BCUT2D eigenvalue weighted by Crippen LogP contribution is -2.50. The van der Waals surface area contributed by atoms with Crippen LogP contribution in [0.4, 0.5) is 5.69 Å². The number of methoxy groups -OCH3 is 2. The third-order valence-corrected chi connectivity index (χ3v) is 13.8. The number of aliphatic hydroxyl groups is 1. The van der Waals surface area contributed by atoms with Crippen molar-refractivity contribution in [2.75, 3.05) is 26.1 Å². The molecule has 2 heterocycles. The van der Waals surface area contributed by atoms with Crippen LogP contribution in [-0.2, 0) is 24.1 Å². The number of aromatic nitrogens is 3. The molecule has 9 nitrogen and oxygen atoms in total. The number of carbonyl (C=O) groups is 1. The molecule has 1 aromatic heterocycles. The monoisotopic (exact) mass is 642 g/mol. The van der Waals surface area contributed by atoms with Crippen molar-refractivity contribution in [2.24, 2.45) is 5.92 Å². The Kier molecular flexibility index (Phi) is 10.9. The van der Waals surface area contributed by atoms with Crippen LogP contribution in [0.1, 0.15) is 41.4 Å². The van der Waals surface area contributed by atoms with Crippen LogP contribution in [0.25, 0.3) is 0 Å². The van der Waals surface area contributed by atoms with E-state index < -0.39 is 8.07 Å². The first kappa shape index (κ1) is 33.4. The van der Waals surface area contributed by atoms with E-state index in [0.717, 1.165) is 42.9 Å². The first-order valence-electron chi connectivity index (χ1n) is 16.1. The number of hydrogen-bond donors (Lipinski definition) is 2. The van der Waals surface area contributed by atoms with Gasteiger partial charge < -0.3 is 24.6 Å². The molecule has 0 spiro atoms. The molecule has 3 aromatic carbocycles. The number of aryl methyl sites for hydroxylation is 2. The van der Waals surface area contributed by atoms with Gasteiger partial charge in [-0.1, -0.05) is 54.7 Å². The van der Waals surface area contributed by atoms with Crippen LogP contribution in [0.3, 0.4) is 0 Å². The van der Waals surface area contributed by atoms with E-state index in [9.17, 15) is 9.90 Å². The van der Waals surface area contributed by atoms with E-state index in [2.05, 4.69) is 72.0 Å². The van der Waals surface area contributed by atoms with Gasteiger partial charge in [0.15, 0.2) is 0 Å². The maximum absolute atomic E-state index is 12.7. The number of nitrogens with zero attached hydrogens (tertiary/aromatic N) is 3. The molecular weight excluding hydrogens is 597 g/mol. The summed E-state index contributed by atoms with van der Waals surface area (Å²) in [5, 5.41) is 22.1. The van der Waals surface area contributed by atoms with Crippen LogP contribution in [0.2, 0.25) is 18.6 Å². The summed E-state index contributed by atoms with van der Waals surface area (Å²) in [6.45, 7) is 8.06. The maximum Gasteiger partial charge on any atom is 0.255 e. The molecule has 244 valence electrons. The Bertz CT molecular complexity index is 1560. The third-order valence-electron chi connectivity index (χ3n) is 9.45. The Morgan fingerprint density at radius 3 is 2.20 bits per heavy atom. The molecule has 1 fully saturated rings. The van der Waals surface area contributed by atoms with Crippen molar-refractivity contribution in [3.8, 4) is 11.5 Å². The largest absolute Gasteiger partial charge is 0.497 e. The SMILES string of the molecule is COc1ccc(C(=O)Nc2ccc(CC[C@@H]3O[C@H](CCn4cc(CCO)nn4)[C@@H]([Si](C)(C)c4ccc(OC)cc4)[C@@H]3C)cc2)cc1. The second-order valence-electron chi connectivity index (χ2n) is 12.7. The number of aliphatic hydroxyl groups excluding tert-OH is 1. The van der Waals surface area contributed by atoms with E-state index >= 15 is 0 Å². The van der Waals surface area contributed by atoms with Gasteiger partial charge in [0, 0.05) is 37.0 Å². The molecule has 0 aliphatic carbocycles. The summed E-state index contributed by atoms with van der Waals surface area (Å²) in [6, 6.07) is 23.8. The van der Waals surface area contributed by atoms with Gasteiger partial charge in [-0.05, 0) is 84.8 Å². The zero-order chi connectivity index (χ0) is 32.7. The van der Waals surface area contributed by atoms with E-state index in [1.165, 1.54) is 10.8 Å². The fraction of sp³-hybridized carbons (Fsp3) is 0.417. The highest BCUT2D eigenvalue weighted by Gasteiger charge is 2.50. The number of ether oxygens (including phenoxy) is 3. The first-order chi connectivity index (χ1) is 22.2. The summed E-state index contributed by atoms with van der Waals surface area (Å²) in [6.07, 6.45) is 5.33. The van der Waals surface area contributed by atoms with Crippen molar-refractivity contribution in [3.63, 3.8) is 0 Å². The van der Waals surface area contributed by atoms with Crippen molar-refractivity contribution in [2.45, 2.75) is 70.0 Å². The predicted octanol–water partition coefficient (Wildman–Crippen LogP) is 5.49. The number of amides is 1. The van der Waals surface area contributed by atoms with Gasteiger partial charge in [-0.15, -0.1) is 5.10 Å². The van der Waals surface area contributed by atoms with Gasteiger partial charge >= 0.3 is 0 Å². The average Bonchev–Trinajstić information content (AvgIpc) is 3.66. The molecule has 0 unspecified atom stereocenters. The van der Waals surface area contributed by atoms with Crippen LogP contribution in [0.5, 0.6) is 11.5 Å². The normalized spacial score (nSPS) is 19.6. The van der Waals surface area contributed by atoms with Crippen LogP contribution in [-0.4, -0.2) is 67.1 Å². The van der Waals surface area contributed by atoms with Gasteiger partial charge in [0.2, 0.25) is 0 Å². The molecule has 1 saturated heterocycles. The molecule has 0 radical (unpaired) electrons. The minimum absolute atomic E-state index is 0.0639. The number of benzene rings is 3. The molecule has 2 N–H and O–H groups in total. The number of hydrogen-bond acceptors (Lipinski definition) is 7. The van der Waals surface area contributed by atoms with Crippen LogP contribution < -0.4 is 20.0 Å². The van der Waals surface area contributed by atoms with Crippen molar-refractivity contribution in [3.05, 3.63) is 95.8 Å². The summed E-state index contributed by atoms with van der Waals surface area (Å²) in [7, 11) is 1.34. The zero-order valence-corrected chi connectivity index (χ0v) is 28.5. The minimum atomic E-state index is -1.97. The molecule has 0 bridgehead atoms. The van der Waals surface area contributed by atoms with E-state index in [1.54, 1.807) is 38.5 Å². The quantitative estimate of drug-likeness (QED) is 0.175. The van der Waals surface area contributed by atoms with Crippen LogP contribution >= 0.6 is 0 Å². The van der Waals surface area contributed by atoms with Gasteiger partial charge in [0.25, 0.3) is 5.91 Å². The Morgan fingerprint density at radius 1 is 0.913 bits per heavy atom. The second-order valence-corrected chi connectivity index (χ2v) is 17.4. The fourth-order valence-corrected chi connectivity index (χ4v) is 11.0. The zero-order valence-electron chi connectivity index (χ0n) is 27.5. The highest BCUT2D eigenvalue weighted by molar-refractivity contribution is 6.91. The van der Waals surface area contributed by atoms with E-state index in [1.807, 2.05) is 23.0 Å². The van der Waals surface area contributed by atoms with Crippen molar-refractivity contribution in [1.82, 2.24) is 15.0 Å². The molecule has 1 amide bonds. The van der Waals surface area contributed by atoms with E-state index in [0.29, 0.717) is 29.2 Å². The molecule has 4 atom stereocenters. The Morgan fingerprint density at radius 2 is 1.57 bits per heavy atom. The first-order valence-corrected chi connectivity index (χ1v) is 19.1. The standard InChI is InChI=1S/C36H46N4O5Si/c1-25-33(19-8-26-6-11-28(12-7-26)37-36(42)27-9-13-30(43-2)14-10-27)45-34(20-22-40-24-29(21-23-41)38-39-40)35(25)46(4,5)32-17-15-31(44-3)16-18-32/h6-7,9-18,24-25,33-35,41H,8,19-23H2,1-5H3,(H,37,42)/t25-,33+,34-,35+/m1/s1. The lowest BCUT2D eigenvalue weighted by Gasteiger charge is -2.36. The van der Waals surface area contributed by atoms with Gasteiger partial charge in [0.1, 0.15) is 11.5 Å². The van der Waals surface area contributed by atoms with Crippen molar-refractivity contribution >= 4 is 24.9 Å². The Balaban J connectivity index is 1.25. The Hall–Kier alpha value is -3.99. The van der Waals surface area contributed by atoms with Crippen molar-refractivity contribution < 1.29 is 24.1 Å².